The van der Waals surface area contributed by atoms with Gasteiger partial charge in [0, 0.05) is 13.1 Å². The largest absolute Gasteiger partial charge is 0.442 e. The first kappa shape index (κ1) is 17.8. The van der Waals surface area contributed by atoms with E-state index in [0.29, 0.717) is 33.1 Å². The van der Waals surface area contributed by atoms with Crippen molar-refractivity contribution in [3.05, 3.63) is 46.4 Å². The summed E-state index contributed by atoms with van der Waals surface area (Å²) in [5.41, 5.74) is 2.49. The fourth-order valence-corrected chi connectivity index (χ4v) is 3.84. The molecule has 1 amide bonds. The maximum Gasteiger partial charge on any atom is 0.260 e. The van der Waals surface area contributed by atoms with Gasteiger partial charge in [0.2, 0.25) is 5.71 Å². The number of fused-ring (bicyclic) bond motifs is 1. The second kappa shape index (κ2) is 7.19. The Hall–Kier alpha value is -2.60. The molecular formula is C20H21ClN4O2. The summed E-state index contributed by atoms with van der Waals surface area (Å²) < 4.78 is 5.77. The number of hydrogen-bond donors (Lipinski definition) is 1. The summed E-state index contributed by atoms with van der Waals surface area (Å²) in [5.74, 6) is 1.01. The van der Waals surface area contributed by atoms with Crippen LogP contribution in [0.1, 0.15) is 40.9 Å². The summed E-state index contributed by atoms with van der Waals surface area (Å²) in [6.07, 6.45) is 4.94. The molecule has 140 valence electrons. The number of amides is 1. The molecule has 1 N–H and O–H groups in total. The van der Waals surface area contributed by atoms with Crippen molar-refractivity contribution in [1.82, 2.24) is 9.97 Å². The van der Waals surface area contributed by atoms with E-state index in [1.165, 1.54) is 12.7 Å². The van der Waals surface area contributed by atoms with Crippen molar-refractivity contribution >= 4 is 40.1 Å². The number of halogens is 1. The molecule has 0 spiro atoms. The van der Waals surface area contributed by atoms with Crippen molar-refractivity contribution in [3.63, 3.8) is 0 Å². The van der Waals surface area contributed by atoms with Crippen molar-refractivity contribution in [2.75, 3.05) is 23.3 Å². The predicted molar refractivity (Wildman–Crippen MR) is 107 cm³/mol. The van der Waals surface area contributed by atoms with E-state index < -0.39 is 0 Å². The van der Waals surface area contributed by atoms with Gasteiger partial charge in [-0.25, -0.2) is 9.97 Å². The standard InChI is InChI=1S/C20H21ClN4O2/c1-12-6-7-15(14(21)10-12)24-19(26)16-13(2)27-20-17(16)18(22-11-23-20)25-8-4-3-5-9-25/h6-7,10-11H,3-5,8-9H2,1-2H3,(H,24,26). The van der Waals surface area contributed by atoms with Gasteiger partial charge in [0.05, 0.1) is 21.7 Å². The predicted octanol–water partition coefficient (Wildman–Crippen LogP) is 4.74. The van der Waals surface area contributed by atoms with Crippen molar-refractivity contribution in [2.24, 2.45) is 0 Å². The zero-order valence-corrected chi connectivity index (χ0v) is 16.1. The van der Waals surface area contributed by atoms with Gasteiger partial charge in [0.15, 0.2) is 0 Å². The molecule has 1 aliphatic rings. The SMILES string of the molecule is Cc1ccc(NC(=O)c2c(C)oc3ncnc(N4CCCCC4)c23)c(Cl)c1. The number of nitrogens with zero attached hydrogens (tertiary/aromatic N) is 3. The minimum atomic E-state index is -0.273. The highest BCUT2D eigenvalue weighted by atomic mass is 35.5. The van der Waals surface area contributed by atoms with Crippen LogP contribution in [0.4, 0.5) is 11.5 Å². The van der Waals surface area contributed by atoms with E-state index in [1.807, 2.05) is 19.1 Å². The molecule has 0 atom stereocenters. The zero-order valence-electron chi connectivity index (χ0n) is 15.4. The molecule has 0 unspecified atom stereocenters. The number of hydrogen-bond acceptors (Lipinski definition) is 5. The van der Waals surface area contributed by atoms with E-state index in [1.54, 1.807) is 13.0 Å². The molecule has 0 aliphatic carbocycles. The van der Waals surface area contributed by atoms with Crippen molar-refractivity contribution in [3.8, 4) is 0 Å². The number of benzene rings is 1. The number of carbonyl (C=O) groups is 1. The molecular weight excluding hydrogens is 364 g/mol. The van der Waals surface area contributed by atoms with Crippen LogP contribution in [0.5, 0.6) is 0 Å². The molecule has 0 saturated carbocycles. The first-order valence-corrected chi connectivity index (χ1v) is 9.49. The molecule has 1 fully saturated rings. The normalized spacial score (nSPS) is 14.6. The maximum absolute atomic E-state index is 13.1. The lowest BCUT2D eigenvalue weighted by molar-refractivity contribution is 0.102. The van der Waals surface area contributed by atoms with Crippen LogP contribution < -0.4 is 10.2 Å². The van der Waals surface area contributed by atoms with Gasteiger partial charge in [0.1, 0.15) is 17.9 Å². The Bertz CT molecular complexity index is 1010. The molecule has 3 heterocycles. The Kier molecular flexibility index (Phi) is 4.74. The molecule has 6 nitrogen and oxygen atoms in total. The van der Waals surface area contributed by atoms with E-state index in [2.05, 4.69) is 20.2 Å². The average molecular weight is 385 g/mol. The fraction of sp³-hybridized carbons (Fsp3) is 0.350. The number of piperidine rings is 1. The molecule has 1 aliphatic heterocycles. The number of carbonyl (C=O) groups excluding carboxylic acids is 1. The number of aromatic nitrogens is 2. The van der Waals surface area contributed by atoms with Gasteiger partial charge in [-0.15, -0.1) is 0 Å². The minimum Gasteiger partial charge on any atom is -0.442 e. The molecule has 4 rings (SSSR count). The Morgan fingerprint density at radius 1 is 1.19 bits per heavy atom. The topological polar surface area (TPSA) is 71.3 Å². The van der Waals surface area contributed by atoms with Crippen molar-refractivity contribution in [2.45, 2.75) is 33.1 Å². The van der Waals surface area contributed by atoms with Crippen LogP contribution in [0.15, 0.2) is 28.9 Å². The molecule has 1 saturated heterocycles. The number of aryl methyl sites for hydroxylation is 2. The molecule has 7 heteroatoms. The Morgan fingerprint density at radius 3 is 2.70 bits per heavy atom. The number of rotatable bonds is 3. The molecule has 1 aromatic carbocycles. The summed E-state index contributed by atoms with van der Waals surface area (Å²) >= 11 is 6.27. The molecule has 2 aromatic heterocycles. The molecule has 0 radical (unpaired) electrons. The van der Waals surface area contributed by atoms with E-state index >= 15 is 0 Å². The third kappa shape index (κ3) is 3.37. The summed E-state index contributed by atoms with van der Waals surface area (Å²) in [5, 5.41) is 4.06. The monoisotopic (exact) mass is 384 g/mol. The Balaban J connectivity index is 1.76. The highest BCUT2D eigenvalue weighted by Crippen LogP contribution is 2.33. The van der Waals surface area contributed by atoms with Crippen LogP contribution in [0.3, 0.4) is 0 Å². The number of nitrogens with one attached hydrogen (secondary N) is 1. The Labute approximate surface area is 162 Å². The van der Waals surface area contributed by atoms with Crippen LogP contribution in [0, 0.1) is 13.8 Å². The van der Waals surface area contributed by atoms with Gasteiger partial charge in [0.25, 0.3) is 5.91 Å². The molecule has 27 heavy (non-hydrogen) atoms. The quantitative estimate of drug-likeness (QED) is 0.706. The van der Waals surface area contributed by atoms with Crippen LogP contribution in [-0.4, -0.2) is 29.0 Å². The number of furan rings is 1. The average Bonchev–Trinajstić information content (AvgIpc) is 3.00. The number of anilines is 2. The van der Waals surface area contributed by atoms with Crippen LogP contribution in [0.25, 0.3) is 11.1 Å². The molecule has 3 aromatic rings. The Morgan fingerprint density at radius 2 is 1.96 bits per heavy atom. The second-order valence-electron chi connectivity index (χ2n) is 6.90. The first-order chi connectivity index (χ1) is 13.0. The third-order valence-corrected chi connectivity index (χ3v) is 5.21. The zero-order chi connectivity index (χ0) is 19.0. The van der Waals surface area contributed by atoms with E-state index in [-0.39, 0.29) is 5.91 Å². The van der Waals surface area contributed by atoms with Gasteiger partial charge in [-0.05, 0) is 50.8 Å². The third-order valence-electron chi connectivity index (χ3n) is 4.90. The van der Waals surface area contributed by atoms with E-state index in [9.17, 15) is 4.79 Å². The lowest BCUT2D eigenvalue weighted by Gasteiger charge is -2.28. The van der Waals surface area contributed by atoms with E-state index in [0.717, 1.165) is 37.3 Å². The van der Waals surface area contributed by atoms with Gasteiger partial charge in [-0.2, -0.15) is 0 Å². The summed E-state index contributed by atoms with van der Waals surface area (Å²) in [4.78, 5) is 24.0. The van der Waals surface area contributed by atoms with Gasteiger partial charge in [-0.3, -0.25) is 4.79 Å². The smallest absolute Gasteiger partial charge is 0.260 e. The van der Waals surface area contributed by atoms with Gasteiger partial charge in [-0.1, -0.05) is 17.7 Å². The lowest BCUT2D eigenvalue weighted by atomic mass is 10.1. The first-order valence-electron chi connectivity index (χ1n) is 9.11. The highest BCUT2D eigenvalue weighted by Gasteiger charge is 2.26. The van der Waals surface area contributed by atoms with E-state index in [4.69, 9.17) is 16.0 Å². The highest BCUT2D eigenvalue weighted by molar-refractivity contribution is 6.34. The van der Waals surface area contributed by atoms with Crippen molar-refractivity contribution in [1.29, 1.82) is 0 Å². The van der Waals surface area contributed by atoms with Crippen molar-refractivity contribution < 1.29 is 9.21 Å². The lowest BCUT2D eigenvalue weighted by Crippen LogP contribution is -2.30. The van der Waals surface area contributed by atoms with Crippen LogP contribution in [0.2, 0.25) is 5.02 Å². The second-order valence-corrected chi connectivity index (χ2v) is 7.30. The maximum atomic E-state index is 13.1. The fourth-order valence-electron chi connectivity index (χ4n) is 3.55. The minimum absolute atomic E-state index is 0.273. The summed E-state index contributed by atoms with van der Waals surface area (Å²) in [6.45, 7) is 5.56. The van der Waals surface area contributed by atoms with Crippen LogP contribution >= 0.6 is 11.6 Å². The molecule has 0 bridgehead atoms. The van der Waals surface area contributed by atoms with Gasteiger partial charge < -0.3 is 14.6 Å². The van der Waals surface area contributed by atoms with Gasteiger partial charge >= 0.3 is 0 Å². The summed E-state index contributed by atoms with van der Waals surface area (Å²) in [7, 11) is 0. The van der Waals surface area contributed by atoms with Crippen LogP contribution in [-0.2, 0) is 0 Å². The summed E-state index contributed by atoms with van der Waals surface area (Å²) in [6, 6.07) is 5.53.